The topological polar surface area (TPSA) is 56.8 Å². The Morgan fingerprint density at radius 3 is 2.88 bits per heavy atom. The van der Waals surface area contributed by atoms with Crippen LogP contribution in [0.5, 0.6) is 0 Å². The van der Waals surface area contributed by atoms with Crippen LogP contribution in [-0.2, 0) is 4.79 Å². The lowest BCUT2D eigenvalue weighted by Crippen LogP contribution is -2.64. The summed E-state index contributed by atoms with van der Waals surface area (Å²) < 4.78 is 0. The van der Waals surface area contributed by atoms with Crippen LogP contribution in [0.2, 0.25) is 0 Å². The molecule has 6 nitrogen and oxygen atoms in total. The minimum atomic E-state index is -0.203. The van der Waals surface area contributed by atoms with Crippen molar-refractivity contribution in [2.45, 2.75) is 18.9 Å². The van der Waals surface area contributed by atoms with Crippen molar-refractivity contribution in [3.63, 3.8) is 0 Å². The van der Waals surface area contributed by atoms with Gasteiger partial charge in [-0.2, -0.15) is 0 Å². The molecule has 136 valence electrons. The van der Waals surface area contributed by atoms with Gasteiger partial charge in [-0.1, -0.05) is 0 Å². The quantitative estimate of drug-likeness (QED) is 0.812. The number of thiophene rings is 1. The predicted molar refractivity (Wildman–Crippen MR) is 102 cm³/mol. The maximum Gasteiger partial charge on any atom is 0.263 e. The van der Waals surface area contributed by atoms with E-state index < -0.39 is 0 Å². The second-order valence-electron chi connectivity index (χ2n) is 7.24. The highest BCUT2D eigenvalue weighted by atomic mass is 32.1. The number of likely N-dealkylation sites (N-methyl/N-ethyl adjacent to an activating group) is 1. The van der Waals surface area contributed by atoms with E-state index in [9.17, 15) is 9.59 Å². The molecule has 0 aromatic carbocycles. The van der Waals surface area contributed by atoms with E-state index in [2.05, 4.69) is 9.88 Å². The van der Waals surface area contributed by atoms with Crippen molar-refractivity contribution in [1.29, 1.82) is 0 Å². The average Bonchev–Trinajstić information content (AvgIpc) is 3.26. The number of nitrogens with zero attached hydrogens (tertiary/aromatic N) is 4. The molecule has 26 heavy (non-hydrogen) atoms. The second kappa shape index (κ2) is 6.48. The molecule has 4 heterocycles. The molecule has 2 aromatic rings. The molecule has 0 bridgehead atoms. The fourth-order valence-corrected chi connectivity index (χ4v) is 4.74. The lowest BCUT2D eigenvalue weighted by molar-refractivity contribution is -0.123. The van der Waals surface area contributed by atoms with Crippen molar-refractivity contribution < 1.29 is 9.59 Å². The molecule has 7 heteroatoms. The molecule has 1 unspecified atom stereocenters. The number of pyridine rings is 1. The SMILES string of the molecule is Cc1csc(C(=O)N2CCC3(C2)CN(c2cccnc2)C(=O)CN3C)c1. The number of hydrogen-bond donors (Lipinski definition) is 0. The average molecular weight is 370 g/mol. The van der Waals surface area contributed by atoms with Crippen LogP contribution in [0.25, 0.3) is 0 Å². The van der Waals surface area contributed by atoms with E-state index in [1.165, 1.54) is 11.3 Å². The number of carbonyl (C=O) groups is 2. The number of aryl methyl sites for hydroxylation is 1. The third-order valence-electron chi connectivity index (χ3n) is 5.45. The van der Waals surface area contributed by atoms with Crippen molar-refractivity contribution in [2.24, 2.45) is 0 Å². The molecule has 0 N–H and O–H groups in total. The molecule has 2 amide bonds. The molecule has 1 atom stereocenters. The summed E-state index contributed by atoms with van der Waals surface area (Å²) in [7, 11) is 1.99. The van der Waals surface area contributed by atoms with Crippen LogP contribution in [0.4, 0.5) is 5.69 Å². The zero-order valence-electron chi connectivity index (χ0n) is 15.0. The fourth-order valence-electron chi connectivity index (χ4n) is 3.88. The number of anilines is 1. The predicted octanol–water partition coefficient (Wildman–Crippen LogP) is 2.01. The summed E-state index contributed by atoms with van der Waals surface area (Å²) in [5.41, 5.74) is 1.74. The molecule has 0 radical (unpaired) electrons. The first-order valence-corrected chi connectivity index (χ1v) is 9.62. The van der Waals surface area contributed by atoms with Crippen LogP contribution in [0, 0.1) is 6.92 Å². The Hall–Kier alpha value is -2.25. The van der Waals surface area contributed by atoms with Crippen LogP contribution in [-0.4, -0.2) is 65.4 Å². The lowest BCUT2D eigenvalue weighted by atomic mass is 9.92. The molecular weight excluding hydrogens is 348 g/mol. The van der Waals surface area contributed by atoms with Crippen LogP contribution in [0.3, 0.4) is 0 Å². The Balaban J connectivity index is 1.56. The third kappa shape index (κ3) is 2.91. The van der Waals surface area contributed by atoms with Gasteiger partial charge in [0.05, 0.1) is 28.8 Å². The molecule has 2 saturated heterocycles. The third-order valence-corrected chi connectivity index (χ3v) is 6.49. The Labute approximate surface area is 157 Å². The lowest BCUT2D eigenvalue weighted by Gasteiger charge is -2.46. The fraction of sp³-hybridized carbons (Fsp3) is 0.421. The van der Waals surface area contributed by atoms with Gasteiger partial charge in [-0.05, 0) is 49.5 Å². The monoisotopic (exact) mass is 370 g/mol. The number of amides is 2. The molecular formula is C19H22N4O2S. The Kier molecular flexibility index (Phi) is 4.28. The van der Waals surface area contributed by atoms with Gasteiger partial charge in [0.15, 0.2) is 0 Å². The first kappa shape index (κ1) is 17.2. The molecule has 2 aliphatic heterocycles. The first-order chi connectivity index (χ1) is 12.5. The van der Waals surface area contributed by atoms with Crippen molar-refractivity contribution in [2.75, 3.05) is 38.1 Å². The zero-order valence-corrected chi connectivity index (χ0v) is 15.8. The van der Waals surface area contributed by atoms with Crippen molar-refractivity contribution >= 4 is 28.8 Å². The summed E-state index contributed by atoms with van der Waals surface area (Å²) in [5.74, 6) is 0.169. The van der Waals surface area contributed by atoms with Crippen LogP contribution < -0.4 is 4.90 Å². The van der Waals surface area contributed by atoms with Crippen LogP contribution in [0.1, 0.15) is 21.7 Å². The Morgan fingerprint density at radius 1 is 1.35 bits per heavy atom. The minimum absolute atomic E-state index is 0.0739. The van der Waals surface area contributed by atoms with Crippen molar-refractivity contribution in [3.8, 4) is 0 Å². The standard InChI is InChI=1S/C19H22N4O2S/c1-14-8-16(26-11-14)18(25)22-7-5-19(12-22)13-23(17(24)10-21(19)2)15-4-3-6-20-9-15/h3-4,6,8-9,11H,5,7,10,12-13H2,1-2H3. The summed E-state index contributed by atoms with van der Waals surface area (Å²) in [5, 5.41) is 2.01. The maximum absolute atomic E-state index is 12.8. The van der Waals surface area contributed by atoms with Crippen LogP contribution >= 0.6 is 11.3 Å². The highest BCUT2D eigenvalue weighted by Crippen LogP contribution is 2.34. The number of hydrogen-bond acceptors (Lipinski definition) is 5. The van der Waals surface area contributed by atoms with Gasteiger partial charge < -0.3 is 9.80 Å². The van der Waals surface area contributed by atoms with Gasteiger partial charge in [-0.15, -0.1) is 11.3 Å². The number of carbonyl (C=O) groups excluding carboxylic acids is 2. The van der Waals surface area contributed by atoms with Gasteiger partial charge in [0, 0.05) is 25.8 Å². The molecule has 2 aromatic heterocycles. The molecule has 0 aliphatic carbocycles. The van der Waals surface area contributed by atoms with Gasteiger partial charge >= 0.3 is 0 Å². The maximum atomic E-state index is 12.8. The number of likely N-dealkylation sites (tertiary alicyclic amines) is 1. The van der Waals surface area contributed by atoms with Gasteiger partial charge in [-0.3, -0.25) is 19.5 Å². The zero-order chi connectivity index (χ0) is 18.3. The second-order valence-corrected chi connectivity index (χ2v) is 8.15. The Bertz CT molecular complexity index is 837. The Morgan fingerprint density at radius 2 is 2.19 bits per heavy atom. The van der Waals surface area contributed by atoms with E-state index in [0.717, 1.165) is 29.1 Å². The highest BCUT2D eigenvalue weighted by molar-refractivity contribution is 7.12. The van der Waals surface area contributed by atoms with Crippen LogP contribution in [0.15, 0.2) is 36.0 Å². The summed E-state index contributed by atoms with van der Waals surface area (Å²) >= 11 is 1.50. The van der Waals surface area contributed by atoms with Crippen molar-refractivity contribution in [1.82, 2.24) is 14.8 Å². The number of rotatable bonds is 2. The number of aromatic nitrogens is 1. The highest BCUT2D eigenvalue weighted by Gasteiger charge is 2.48. The van der Waals surface area contributed by atoms with Gasteiger partial charge in [-0.25, -0.2) is 0 Å². The summed E-state index contributed by atoms with van der Waals surface area (Å²) in [6.07, 6.45) is 4.30. The normalized spacial score (nSPS) is 23.8. The molecule has 2 aliphatic rings. The van der Waals surface area contributed by atoms with Gasteiger partial charge in [0.1, 0.15) is 0 Å². The minimum Gasteiger partial charge on any atom is -0.336 e. The summed E-state index contributed by atoms with van der Waals surface area (Å²) in [6, 6.07) is 5.71. The van der Waals surface area contributed by atoms with E-state index in [4.69, 9.17) is 0 Å². The number of piperazine rings is 1. The van der Waals surface area contributed by atoms with E-state index in [1.54, 1.807) is 12.4 Å². The van der Waals surface area contributed by atoms with Crippen molar-refractivity contribution in [3.05, 3.63) is 46.4 Å². The largest absolute Gasteiger partial charge is 0.336 e. The van der Waals surface area contributed by atoms with Gasteiger partial charge in [0.2, 0.25) is 5.91 Å². The smallest absolute Gasteiger partial charge is 0.263 e. The van der Waals surface area contributed by atoms with E-state index in [0.29, 0.717) is 19.6 Å². The van der Waals surface area contributed by atoms with E-state index in [-0.39, 0.29) is 17.4 Å². The molecule has 2 fully saturated rings. The van der Waals surface area contributed by atoms with E-state index >= 15 is 0 Å². The molecule has 0 saturated carbocycles. The first-order valence-electron chi connectivity index (χ1n) is 8.75. The summed E-state index contributed by atoms with van der Waals surface area (Å²) in [4.78, 5) is 36.2. The molecule has 1 spiro atoms. The molecule has 4 rings (SSSR count). The van der Waals surface area contributed by atoms with E-state index in [1.807, 2.05) is 47.4 Å². The van der Waals surface area contributed by atoms with Gasteiger partial charge in [0.25, 0.3) is 5.91 Å². The summed E-state index contributed by atoms with van der Waals surface area (Å²) in [6.45, 7) is 4.31.